The predicted octanol–water partition coefficient (Wildman–Crippen LogP) is 0.210. The molecule has 0 unspecified atom stereocenters. The van der Waals surface area contributed by atoms with Crippen LogP contribution in [-0.2, 0) is 4.79 Å². The van der Waals surface area contributed by atoms with Crippen molar-refractivity contribution in [3.63, 3.8) is 0 Å². The van der Waals surface area contributed by atoms with E-state index in [9.17, 15) is 4.79 Å². The van der Waals surface area contributed by atoms with Crippen LogP contribution in [0.5, 0.6) is 0 Å². The molecule has 0 aromatic heterocycles. The third-order valence-corrected chi connectivity index (χ3v) is 4.33. The highest BCUT2D eigenvalue weighted by atomic mass is 16.2. The number of nitrogens with zero attached hydrogens (tertiary/aromatic N) is 3. The second kappa shape index (κ2) is 7.22. The Morgan fingerprint density at radius 3 is 2.26 bits per heavy atom. The normalized spacial score (nSPS) is 17.6. The van der Waals surface area contributed by atoms with Crippen LogP contribution in [0, 0.1) is 0 Å². The Morgan fingerprint density at radius 1 is 1.21 bits per heavy atom. The maximum atomic E-state index is 12.1. The van der Waals surface area contributed by atoms with Crippen molar-refractivity contribution in [2.24, 2.45) is 5.73 Å². The van der Waals surface area contributed by atoms with Crippen LogP contribution in [0.4, 0.5) is 0 Å². The molecule has 1 rings (SSSR count). The molecular weight excluding hydrogens is 240 g/mol. The molecule has 1 fully saturated rings. The number of nitrogens with two attached hydrogens (primary N) is 1. The molecule has 0 saturated heterocycles. The van der Waals surface area contributed by atoms with E-state index in [1.54, 1.807) is 4.90 Å². The summed E-state index contributed by atoms with van der Waals surface area (Å²) in [6.45, 7) is 2.85. The van der Waals surface area contributed by atoms with Gasteiger partial charge in [0.15, 0.2) is 0 Å². The molecule has 2 N–H and O–H groups in total. The van der Waals surface area contributed by atoms with Gasteiger partial charge in [-0.2, -0.15) is 0 Å². The average molecular weight is 270 g/mol. The molecule has 112 valence electrons. The number of hydrogen-bond donors (Lipinski definition) is 1. The van der Waals surface area contributed by atoms with Crippen LogP contribution >= 0.6 is 0 Å². The van der Waals surface area contributed by atoms with Crippen molar-refractivity contribution < 1.29 is 4.79 Å². The van der Waals surface area contributed by atoms with E-state index in [-0.39, 0.29) is 11.4 Å². The standard InChI is InChI=1S/C14H30N4O/c1-16(2)14(7-5-8-14)12-17(3)11-13(19)18(4)10-6-9-15/h5-12,15H2,1-4H3. The van der Waals surface area contributed by atoms with Gasteiger partial charge in [0.1, 0.15) is 0 Å². The summed E-state index contributed by atoms with van der Waals surface area (Å²) in [7, 11) is 8.18. The maximum absolute atomic E-state index is 12.1. The van der Waals surface area contributed by atoms with Crippen molar-refractivity contribution in [1.29, 1.82) is 0 Å². The van der Waals surface area contributed by atoms with Crippen LogP contribution in [0.3, 0.4) is 0 Å². The van der Waals surface area contributed by atoms with Crippen LogP contribution in [0.25, 0.3) is 0 Å². The molecule has 1 aliphatic rings. The van der Waals surface area contributed by atoms with Crippen LogP contribution in [0.1, 0.15) is 25.7 Å². The summed E-state index contributed by atoms with van der Waals surface area (Å²) in [6, 6.07) is 0. The zero-order chi connectivity index (χ0) is 14.5. The van der Waals surface area contributed by atoms with Crippen molar-refractivity contribution in [3.05, 3.63) is 0 Å². The highest BCUT2D eigenvalue weighted by Gasteiger charge is 2.39. The molecule has 1 aliphatic carbocycles. The first-order valence-corrected chi connectivity index (χ1v) is 7.21. The molecule has 1 saturated carbocycles. The largest absolute Gasteiger partial charge is 0.345 e. The second-order valence-corrected chi connectivity index (χ2v) is 6.10. The summed E-state index contributed by atoms with van der Waals surface area (Å²) in [5.41, 5.74) is 5.75. The number of carbonyl (C=O) groups excluding carboxylic acids is 1. The van der Waals surface area contributed by atoms with Gasteiger partial charge in [0.2, 0.25) is 5.91 Å². The summed E-state index contributed by atoms with van der Waals surface area (Å²) in [4.78, 5) is 18.3. The molecule has 5 heteroatoms. The number of rotatable bonds is 8. The molecule has 0 heterocycles. The van der Waals surface area contributed by atoms with Crippen molar-refractivity contribution in [3.8, 4) is 0 Å². The minimum absolute atomic E-state index is 0.184. The molecule has 5 nitrogen and oxygen atoms in total. The zero-order valence-corrected chi connectivity index (χ0v) is 13.0. The molecule has 0 aromatic rings. The Bertz CT molecular complexity index is 289. The van der Waals surface area contributed by atoms with Gasteiger partial charge >= 0.3 is 0 Å². The summed E-state index contributed by atoms with van der Waals surface area (Å²) >= 11 is 0. The van der Waals surface area contributed by atoms with E-state index in [1.807, 2.05) is 14.1 Å². The minimum atomic E-state index is 0.184. The topological polar surface area (TPSA) is 52.8 Å². The summed E-state index contributed by atoms with van der Waals surface area (Å²) in [6.07, 6.45) is 4.65. The van der Waals surface area contributed by atoms with E-state index in [2.05, 4.69) is 23.9 Å². The van der Waals surface area contributed by atoms with E-state index in [4.69, 9.17) is 5.73 Å². The third kappa shape index (κ3) is 4.44. The SMILES string of the molecule is CN(CC(=O)N(C)CCCN)CC1(N(C)C)CCC1. The summed E-state index contributed by atoms with van der Waals surface area (Å²) < 4.78 is 0. The van der Waals surface area contributed by atoms with Gasteiger partial charge in [0, 0.05) is 25.7 Å². The Hall–Kier alpha value is -0.650. The lowest BCUT2D eigenvalue weighted by Crippen LogP contribution is -2.57. The van der Waals surface area contributed by atoms with E-state index in [0.717, 1.165) is 19.5 Å². The third-order valence-electron chi connectivity index (χ3n) is 4.33. The molecular formula is C14H30N4O. The lowest BCUT2D eigenvalue weighted by molar-refractivity contribution is -0.131. The van der Waals surface area contributed by atoms with E-state index in [0.29, 0.717) is 13.1 Å². The first kappa shape index (κ1) is 16.4. The van der Waals surface area contributed by atoms with Gasteiger partial charge in [-0.1, -0.05) is 0 Å². The lowest BCUT2D eigenvalue weighted by Gasteiger charge is -2.49. The zero-order valence-electron chi connectivity index (χ0n) is 13.0. The van der Waals surface area contributed by atoms with Crippen LogP contribution in [0.15, 0.2) is 0 Å². The number of carbonyl (C=O) groups is 1. The van der Waals surface area contributed by atoms with E-state index in [1.165, 1.54) is 19.3 Å². The Labute approximate surface area is 117 Å². The van der Waals surface area contributed by atoms with Crippen LogP contribution in [0.2, 0.25) is 0 Å². The predicted molar refractivity (Wildman–Crippen MR) is 79.1 cm³/mol. The van der Waals surface area contributed by atoms with Crippen molar-refractivity contribution in [2.45, 2.75) is 31.2 Å². The van der Waals surface area contributed by atoms with E-state index >= 15 is 0 Å². The van der Waals surface area contributed by atoms with Gasteiger partial charge in [-0.15, -0.1) is 0 Å². The van der Waals surface area contributed by atoms with Gasteiger partial charge < -0.3 is 15.5 Å². The lowest BCUT2D eigenvalue weighted by atomic mass is 9.75. The first-order chi connectivity index (χ1) is 8.91. The Morgan fingerprint density at radius 2 is 1.84 bits per heavy atom. The van der Waals surface area contributed by atoms with Crippen molar-refractivity contribution in [1.82, 2.24) is 14.7 Å². The van der Waals surface area contributed by atoms with Gasteiger partial charge in [-0.05, 0) is 53.4 Å². The molecule has 0 spiro atoms. The highest BCUT2D eigenvalue weighted by molar-refractivity contribution is 5.77. The Balaban J connectivity index is 2.38. The van der Waals surface area contributed by atoms with Crippen LogP contribution in [-0.4, -0.2) is 80.5 Å². The molecule has 0 aromatic carbocycles. The van der Waals surface area contributed by atoms with Gasteiger partial charge in [-0.25, -0.2) is 0 Å². The minimum Gasteiger partial charge on any atom is -0.345 e. The molecule has 0 aliphatic heterocycles. The van der Waals surface area contributed by atoms with Crippen molar-refractivity contribution >= 4 is 5.91 Å². The monoisotopic (exact) mass is 270 g/mol. The fraction of sp³-hybridized carbons (Fsp3) is 0.929. The number of amides is 1. The summed E-state index contributed by atoms with van der Waals surface area (Å²) in [5.74, 6) is 0.184. The van der Waals surface area contributed by atoms with Gasteiger partial charge in [0.05, 0.1) is 6.54 Å². The molecule has 0 atom stereocenters. The quantitative estimate of drug-likeness (QED) is 0.685. The second-order valence-electron chi connectivity index (χ2n) is 6.10. The molecule has 1 amide bonds. The van der Waals surface area contributed by atoms with Gasteiger partial charge in [-0.3, -0.25) is 9.69 Å². The summed E-state index contributed by atoms with van der Waals surface area (Å²) in [5, 5.41) is 0. The molecule has 0 bridgehead atoms. The first-order valence-electron chi connectivity index (χ1n) is 7.21. The number of hydrogen-bond acceptors (Lipinski definition) is 4. The number of likely N-dealkylation sites (N-methyl/N-ethyl adjacent to an activating group) is 3. The fourth-order valence-electron chi connectivity index (χ4n) is 2.69. The van der Waals surface area contributed by atoms with Crippen LogP contribution < -0.4 is 5.73 Å². The van der Waals surface area contributed by atoms with E-state index < -0.39 is 0 Å². The smallest absolute Gasteiger partial charge is 0.236 e. The fourth-order valence-corrected chi connectivity index (χ4v) is 2.69. The maximum Gasteiger partial charge on any atom is 0.236 e. The van der Waals surface area contributed by atoms with Gasteiger partial charge in [0.25, 0.3) is 0 Å². The highest BCUT2D eigenvalue weighted by Crippen LogP contribution is 2.36. The molecule has 19 heavy (non-hydrogen) atoms. The molecule has 0 radical (unpaired) electrons. The van der Waals surface area contributed by atoms with Crippen molar-refractivity contribution in [2.75, 3.05) is 54.4 Å². The Kier molecular flexibility index (Phi) is 6.23. The average Bonchev–Trinajstić information content (AvgIpc) is 2.30.